The van der Waals surface area contributed by atoms with Gasteiger partial charge in [-0.1, -0.05) is 37.3 Å². The lowest BCUT2D eigenvalue weighted by Gasteiger charge is -2.15. The molecule has 3 nitrogen and oxygen atoms in total. The molecule has 1 aromatic carbocycles. The Labute approximate surface area is 99.9 Å². The highest BCUT2D eigenvalue weighted by Gasteiger charge is 2.13. The molecule has 1 aromatic heterocycles. The molecule has 1 unspecified atom stereocenters. The van der Waals surface area contributed by atoms with Gasteiger partial charge in [-0.2, -0.15) is 8.75 Å². The van der Waals surface area contributed by atoms with Crippen molar-refractivity contribution in [1.29, 1.82) is 0 Å². The molecule has 0 aliphatic carbocycles. The number of rotatable bonds is 5. The van der Waals surface area contributed by atoms with Gasteiger partial charge in [-0.3, -0.25) is 0 Å². The molecule has 0 amide bonds. The zero-order valence-corrected chi connectivity index (χ0v) is 10.1. The molecule has 1 N–H and O–H groups in total. The summed E-state index contributed by atoms with van der Waals surface area (Å²) in [6, 6.07) is 10.7. The van der Waals surface area contributed by atoms with Crippen LogP contribution in [0.15, 0.2) is 36.5 Å². The Bertz CT molecular complexity index is 399. The van der Waals surface area contributed by atoms with E-state index in [0.717, 1.165) is 18.7 Å². The standard InChI is InChI=1S/C12H15N3S/c1-2-13-11(12-9-14-16-15-12)8-10-6-4-3-5-7-10/h3-7,9,11,13H,2,8H2,1H3. The summed E-state index contributed by atoms with van der Waals surface area (Å²) < 4.78 is 8.36. The van der Waals surface area contributed by atoms with Crippen molar-refractivity contribution >= 4 is 11.7 Å². The second-order valence-electron chi connectivity index (χ2n) is 3.63. The van der Waals surface area contributed by atoms with Gasteiger partial charge >= 0.3 is 0 Å². The van der Waals surface area contributed by atoms with Crippen LogP contribution >= 0.6 is 11.7 Å². The molecular formula is C12H15N3S. The zero-order valence-electron chi connectivity index (χ0n) is 9.26. The lowest BCUT2D eigenvalue weighted by molar-refractivity contribution is 0.540. The van der Waals surface area contributed by atoms with Gasteiger partial charge in [0.05, 0.1) is 29.7 Å². The Morgan fingerprint density at radius 1 is 1.31 bits per heavy atom. The summed E-state index contributed by atoms with van der Waals surface area (Å²) in [5.41, 5.74) is 2.36. The molecule has 0 fully saturated rings. The van der Waals surface area contributed by atoms with Crippen LogP contribution in [0, 0.1) is 0 Å². The number of hydrogen-bond acceptors (Lipinski definition) is 4. The lowest BCUT2D eigenvalue weighted by Crippen LogP contribution is -2.23. The Balaban J connectivity index is 2.09. The number of nitrogens with zero attached hydrogens (tertiary/aromatic N) is 2. The van der Waals surface area contributed by atoms with Gasteiger partial charge in [0.25, 0.3) is 0 Å². The van der Waals surface area contributed by atoms with Crippen LogP contribution in [0.1, 0.15) is 24.2 Å². The van der Waals surface area contributed by atoms with Crippen LogP contribution in [0.5, 0.6) is 0 Å². The monoisotopic (exact) mass is 233 g/mol. The first-order valence-electron chi connectivity index (χ1n) is 5.45. The van der Waals surface area contributed by atoms with E-state index in [2.05, 4.69) is 45.3 Å². The highest BCUT2D eigenvalue weighted by molar-refractivity contribution is 6.99. The van der Waals surface area contributed by atoms with Gasteiger partial charge in [0.2, 0.25) is 0 Å². The number of nitrogens with one attached hydrogen (secondary N) is 1. The van der Waals surface area contributed by atoms with E-state index < -0.39 is 0 Å². The topological polar surface area (TPSA) is 37.8 Å². The van der Waals surface area contributed by atoms with Crippen molar-refractivity contribution in [2.24, 2.45) is 0 Å². The normalized spacial score (nSPS) is 12.6. The number of hydrogen-bond donors (Lipinski definition) is 1. The van der Waals surface area contributed by atoms with Crippen LogP contribution in [0.3, 0.4) is 0 Å². The van der Waals surface area contributed by atoms with Gasteiger partial charge < -0.3 is 5.32 Å². The second kappa shape index (κ2) is 5.72. The van der Waals surface area contributed by atoms with Crippen LogP contribution < -0.4 is 5.32 Å². The van der Waals surface area contributed by atoms with E-state index >= 15 is 0 Å². The average molecular weight is 233 g/mol. The van der Waals surface area contributed by atoms with E-state index in [1.165, 1.54) is 17.3 Å². The highest BCUT2D eigenvalue weighted by Crippen LogP contribution is 2.16. The lowest BCUT2D eigenvalue weighted by atomic mass is 10.0. The molecule has 16 heavy (non-hydrogen) atoms. The van der Waals surface area contributed by atoms with Crippen molar-refractivity contribution in [2.45, 2.75) is 19.4 Å². The Hall–Kier alpha value is -1.26. The third kappa shape index (κ3) is 2.87. The van der Waals surface area contributed by atoms with Gasteiger partial charge in [0.1, 0.15) is 0 Å². The molecule has 0 spiro atoms. The Morgan fingerprint density at radius 2 is 2.12 bits per heavy atom. The quantitative estimate of drug-likeness (QED) is 0.862. The van der Waals surface area contributed by atoms with E-state index in [9.17, 15) is 0 Å². The van der Waals surface area contributed by atoms with E-state index in [-0.39, 0.29) is 6.04 Å². The zero-order chi connectivity index (χ0) is 11.2. The van der Waals surface area contributed by atoms with E-state index in [0.29, 0.717) is 0 Å². The van der Waals surface area contributed by atoms with Gasteiger partial charge in [0.15, 0.2) is 0 Å². The highest BCUT2D eigenvalue weighted by atomic mass is 32.1. The summed E-state index contributed by atoms with van der Waals surface area (Å²) in [5, 5.41) is 3.44. The van der Waals surface area contributed by atoms with Crippen molar-refractivity contribution in [3.05, 3.63) is 47.8 Å². The number of aromatic nitrogens is 2. The van der Waals surface area contributed by atoms with Gasteiger partial charge in [-0.25, -0.2) is 0 Å². The summed E-state index contributed by atoms with van der Waals surface area (Å²) in [5.74, 6) is 0. The predicted molar refractivity (Wildman–Crippen MR) is 66.5 cm³/mol. The fraction of sp³-hybridized carbons (Fsp3) is 0.333. The SMILES string of the molecule is CCNC(Cc1ccccc1)c1cnsn1. The first-order valence-corrected chi connectivity index (χ1v) is 6.18. The molecule has 2 rings (SSSR count). The molecule has 0 saturated heterocycles. The van der Waals surface area contributed by atoms with Crippen LogP contribution in [0.4, 0.5) is 0 Å². The fourth-order valence-corrected chi connectivity index (χ4v) is 2.17. The van der Waals surface area contributed by atoms with Crippen molar-refractivity contribution in [3.63, 3.8) is 0 Å². The maximum Gasteiger partial charge on any atom is 0.0915 e. The maximum absolute atomic E-state index is 4.30. The van der Waals surface area contributed by atoms with E-state index in [1.54, 1.807) is 0 Å². The summed E-state index contributed by atoms with van der Waals surface area (Å²) in [6.45, 7) is 3.05. The molecule has 0 aliphatic heterocycles. The molecular weight excluding hydrogens is 218 g/mol. The van der Waals surface area contributed by atoms with E-state index in [4.69, 9.17) is 0 Å². The Kier molecular flexibility index (Phi) is 4.02. The van der Waals surface area contributed by atoms with Gasteiger partial charge in [-0.15, -0.1) is 0 Å². The van der Waals surface area contributed by atoms with Crippen molar-refractivity contribution in [2.75, 3.05) is 6.54 Å². The minimum atomic E-state index is 0.270. The number of likely N-dealkylation sites (N-methyl/N-ethyl adjacent to an activating group) is 1. The third-order valence-electron chi connectivity index (χ3n) is 2.47. The van der Waals surface area contributed by atoms with Crippen LogP contribution in [0.2, 0.25) is 0 Å². The average Bonchev–Trinajstić information content (AvgIpc) is 2.83. The van der Waals surface area contributed by atoms with Crippen LogP contribution in [0.25, 0.3) is 0 Å². The molecule has 1 atom stereocenters. The Morgan fingerprint density at radius 3 is 2.75 bits per heavy atom. The molecule has 1 heterocycles. The summed E-state index contributed by atoms with van der Waals surface area (Å²) >= 11 is 1.26. The summed E-state index contributed by atoms with van der Waals surface area (Å²) in [4.78, 5) is 0. The fourth-order valence-electron chi connectivity index (χ4n) is 1.70. The third-order valence-corrected chi connectivity index (χ3v) is 2.96. The second-order valence-corrected chi connectivity index (χ2v) is 4.19. The van der Waals surface area contributed by atoms with Crippen LogP contribution in [-0.4, -0.2) is 15.3 Å². The first-order chi connectivity index (χ1) is 7.90. The van der Waals surface area contributed by atoms with Crippen molar-refractivity contribution in [3.8, 4) is 0 Å². The van der Waals surface area contributed by atoms with Crippen LogP contribution in [-0.2, 0) is 6.42 Å². The van der Waals surface area contributed by atoms with Gasteiger partial charge in [-0.05, 0) is 18.5 Å². The molecule has 0 bridgehead atoms. The first kappa shape index (κ1) is 11.2. The van der Waals surface area contributed by atoms with Crippen molar-refractivity contribution < 1.29 is 0 Å². The molecule has 0 saturated carbocycles. The summed E-state index contributed by atoms with van der Waals surface area (Å²) in [6.07, 6.45) is 2.81. The maximum atomic E-state index is 4.30. The van der Waals surface area contributed by atoms with E-state index in [1.807, 2.05) is 12.3 Å². The molecule has 0 radical (unpaired) electrons. The molecule has 84 valence electrons. The summed E-state index contributed by atoms with van der Waals surface area (Å²) in [7, 11) is 0. The van der Waals surface area contributed by atoms with Crippen molar-refractivity contribution in [1.82, 2.24) is 14.1 Å². The minimum Gasteiger partial charge on any atom is -0.309 e. The smallest absolute Gasteiger partial charge is 0.0915 e. The molecule has 0 aliphatic rings. The minimum absolute atomic E-state index is 0.270. The largest absolute Gasteiger partial charge is 0.309 e. The predicted octanol–water partition coefficient (Wildman–Crippen LogP) is 2.43. The molecule has 4 heteroatoms. The van der Waals surface area contributed by atoms with Gasteiger partial charge in [0, 0.05) is 0 Å². The molecule has 2 aromatic rings. The number of benzene rings is 1.